The van der Waals surface area contributed by atoms with Gasteiger partial charge in [-0.2, -0.15) is 5.10 Å². The van der Waals surface area contributed by atoms with Gasteiger partial charge in [-0.05, 0) is 13.0 Å². The van der Waals surface area contributed by atoms with Gasteiger partial charge in [0.25, 0.3) is 0 Å². The molecule has 0 amide bonds. The summed E-state index contributed by atoms with van der Waals surface area (Å²) in [4.78, 5) is 10.7. The Bertz CT molecular complexity index is 563. The predicted octanol–water partition coefficient (Wildman–Crippen LogP) is 2.15. The molecule has 0 unspecified atom stereocenters. The molecule has 2 rings (SSSR count). The largest absolute Gasteiger partial charge is 0.481 e. The van der Waals surface area contributed by atoms with Gasteiger partial charge in [0.1, 0.15) is 5.82 Å². The molecule has 0 saturated carbocycles. The van der Waals surface area contributed by atoms with E-state index in [1.807, 2.05) is 0 Å². The number of rotatable bonds is 3. The Morgan fingerprint density at radius 2 is 2.18 bits per heavy atom. The molecule has 4 nitrogen and oxygen atoms in total. The van der Waals surface area contributed by atoms with Crippen LogP contribution in [0.4, 0.5) is 4.39 Å². The van der Waals surface area contributed by atoms with Crippen molar-refractivity contribution in [2.45, 2.75) is 13.3 Å². The minimum atomic E-state index is -0.992. The van der Waals surface area contributed by atoms with Crippen molar-refractivity contribution in [2.75, 3.05) is 0 Å². The number of benzene rings is 1. The Labute approximate surface area is 97.1 Å². The van der Waals surface area contributed by atoms with Gasteiger partial charge >= 0.3 is 5.97 Å². The molecule has 1 aromatic heterocycles. The van der Waals surface area contributed by atoms with Crippen LogP contribution in [0, 0.1) is 12.7 Å². The van der Waals surface area contributed by atoms with Gasteiger partial charge in [0.2, 0.25) is 0 Å². The molecule has 2 aromatic rings. The number of carboxylic acids is 1. The number of halogens is 1. The Hall–Kier alpha value is -2.17. The molecule has 0 fully saturated rings. The van der Waals surface area contributed by atoms with Gasteiger partial charge in [-0.1, -0.05) is 18.2 Å². The van der Waals surface area contributed by atoms with Crippen LogP contribution in [0.25, 0.3) is 11.1 Å². The van der Waals surface area contributed by atoms with E-state index in [1.165, 1.54) is 6.07 Å². The molecule has 0 aliphatic heterocycles. The molecule has 1 heterocycles. The lowest BCUT2D eigenvalue weighted by Crippen LogP contribution is -2.02. The van der Waals surface area contributed by atoms with Crippen LogP contribution in [-0.4, -0.2) is 21.3 Å². The second kappa shape index (κ2) is 4.37. The van der Waals surface area contributed by atoms with E-state index in [4.69, 9.17) is 5.11 Å². The molecular formula is C12H11FN2O2. The fourth-order valence-electron chi connectivity index (χ4n) is 1.77. The number of nitrogens with one attached hydrogen (secondary N) is 1. The fraction of sp³-hybridized carbons (Fsp3) is 0.167. The zero-order chi connectivity index (χ0) is 12.4. The van der Waals surface area contributed by atoms with E-state index >= 15 is 0 Å². The van der Waals surface area contributed by atoms with E-state index in [2.05, 4.69) is 10.2 Å². The molecule has 2 N–H and O–H groups in total. The van der Waals surface area contributed by atoms with Crippen LogP contribution in [0.5, 0.6) is 0 Å². The molecule has 0 bridgehead atoms. The molecule has 1 aromatic carbocycles. The van der Waals surface area contributed by atoms with Crippen molar-refractivity contribution in [3.8, 4) is 11.1 Å². The summed E-state index contributed by atoms with van der Waals surface area (Å²) >= 11 is 0. The Morgan fingerprint density at radius 3 is 2.82 bits per heavy atom. The molecule has 5 heteroatoms. The first-order chi connectivity index (χ1) is 8.09. The third-order valence-electron chi connectivity index (χ3n) is 2.48. The fourth-order valence-corrected chi connectivity index (χ4v) is 1.77. The number of aliphatic carboxylic acids is 1. The lowest BCUT2D eigenvalue weighted by molar-refractivity contribution is -0.136. The van der Waals surface area contributed by atoms with Crippen molar-refractivity contribution in [1.29, 1.82) is 0 Å². The summed E-state index contributed by atoms with van der Waals surface area (Å²) in [6.45, 7) is 1.74. The van der Waals surface area contributed by atoms with E-state index in [9.17, 15) is 9.18 Å². The number of nitrogens with zero attached hydrogens (tertiary/aromatic N) is 1. The van der Waals surface area contributed by atoms with Crippen LogP contribution < -0.4 is 0 Å². The van der Waals surface area contributed by atoms with Gasteiger partial charge in [0.15, 0.2) is 0 Å². The number of hydrogen-bond acceptors (Lipinski definition) is 2. The van der Waals surface area contributed by atoms with Crippen LogP contribution in [0.15, 0.2) is 24.3 Å². The van der Waals surface area contributed by atoms with Gasteiger partial charge < -0.3 is 5.11 Å². The SMILES string of the molecule is Cc1[nH]nc(CC(=O)O)c1-c1ccccc1F. The molecule has 0 aliphatic rings. The highest BCUT2D eigenvalue weighted by Crippen LogP contribution is 2.28. The van der Waals surface area contributed by atoms with Crippen LogP contribution in [0.3, 0.4) is 0 Å². The number of carboxylic acid groups (broad SMARTS) is 1. The van der Waals surface area contributed by atoms with Gasteiger partial charge in [0, 0.05) is 16.8 Å². The first-order valence-corrected chi connectivity index (χ1v) is 5.10. The molecule has 0 aliphatic carbocycles. The predicted molar refractivity (Wildman–Crippen MR) is 60.1 cm³/mol. The van der Waals surface area contributed by atoms with Crippen LogP contribution >= 0.6 is 0 Å². The minimum Gasteiger partial charge on any atom is -0.481 e. The Balaban J connectivity index is 2.55. The maximum Gasteiger partial charge on any atom is 0.309 e. The quantitative estimate of drug-likeness (QED) is 0.855. The third-order valence-corrected chi connectivity index (χ3v) is 2.48. The van der Waals surface area contributed by atoms with Gasteiger partial charge in [0.05, 0.1) is 12.1 Å². The summed E-state index contributed by atoms with van der Waals surface area (Å²) in [5, 5.41) is 15.4. The lowest BCUT2D eigenvalue weighted by Gasteiger charge is -2.03. The summed E-state index contributed by atoms with van der Waals surface area (Å²) in [6, 6.07) is 6.24. The van der Waals surface area contributed by atoms with Gasteiger partial charge in [-0.15, -0.1) is 0 Å². The average Bonchev–Trinajstić information content (AvgIpc) is 2.60. The van der Waals surface area contributed by atoms with Crippen LogP contribution in [-0.2, 0) is 11.2 Å². The maximum absolute atomic E-state index is 13.7. The van der Waals surface area contributed by atoms with Gasteiger partial charge in [-0.3, -0.25) is 9.89 Å². The highest BCUT2D eigenvalue weighted by molar-refractivity contribution is 5.76. The zero-order valence-electron chi connectivity index (χ0n) is 9.20. The van der Waals surface area contributed by atoms with Crippen molar-refractivity contribution >= 4 is 5.97 Å². The highest BCUT2D eigenvalue weighted by Gasteiger charge is 2.17. The highest BCUT2D eigenvalue weighted by atomic mass is 19.1. The summed E-state index contributed by atoms with van der Waals surface area (Å²) in [6.07, 6.45) is -0.228. The molecule has 88 valence electrons. The lowest BCUT2D eigenvalue weighted by atomic mass is 10.0. The first-order valence-electron chi connectivity index (χ1n) is 5.10. The number of hydrogen-bond donors (Lipinski definition) is 2. The van der Waals surface area contributed by atoms with Crippen molar-refractivity contribution in [2.24, 2.45) is 0 Å². The number of aryl methyl sites for hydroxylation is 1. The number of H-pyrrole nitrogens is 1. The van der Waals surface area contributed by atoms with E-state index in [0.717, 1.165) is 0 Å². The smallest absolute Gasteiger partial charge is 0.309 e. The number of aromatic amines is 1. The second-order valence-electron chi connectivity index (χ2n) is 3.72. The summed E-state index contributed by atoms with van der Waals surface area (Å²) in [7, 11) is 0. The van der Waals surface area contributed by atoms with E-state index < -0.39 is 5.97 Å². The van der Waals surface area contributed by atoms with E-state index in [-0.39, 0.29) is 12.2 Å². The second-order valence-corrected chi connectivity index (χ2v) is 3.72. The van der Waals surface area contributed by atoms with Crippen molar-refractivity contribution in [3.05, 3.63) is 41.5 Å². The van der Waals surface area contributed by atoms with Crippen LogP contribution in [0.1, 0.15) is 11.4 Å². The normalized spacial score (nSPS) is 10.5. The zero-order valence-corrected chi connectivity index (χ0v) is 9.20. The minimum absolute atomic E-state index is 0.228. The number of aromatic nitrogens is 2. The van der Waals surface area contributed by atoms with E-state index in [1.54, 1.807) is 25.1 Å². The first kappa shape index (κ1) is 11.3. The monoisotopic (exact) mass is 234 g/mol. The summed E-state index contributed by atoms with van der Waals surface area (Å²) in [5.74, 6) is -1.38. The Kier molecular flexibility index (Phi) is 2.91. The van der Waals surface area contributed by atoms with Crippen molar-refractivity contribution in [3.63, 3.8) is 0 Å². The van der Waals surface area contributed by atoms with Crippen LogP contribution in [0.2, 0.25) is 0 Å². The van der Waals surface area contributed by atoms with Crippen molar-refractivity contribution in [1.82, 2.24) is 10.2 Å². The summed E-state index contributed by atoms with van der Waals surface area (Å²) < 4.78 is 13.7. The molecular weight excluding hydrogens is 223 g/mol. The molecule has 0 radical (unpaired) electrons. The van der Waals surface area contributed by atoms with E-state index in [0.29, 0.717) is 22.5 Å². The standard InChI is InChI=1S/C12H11FN2O2/c1-7-12(8-4-2-3-5-9(8)13)10(15-14-7)6-11(16)17/h2-5H,6H2,1H3,(H,14,15)(H,16,17). The van der Waals surface area contributed by atoms with Crippen molar-refractivity contribution < 1.29 is 14.3 Å². The van der Waals surface area contributed by atoms with Gasteiger partial charge in [-0.25, -0.2) is 4.39 Å². The number of carbonyl (C=O) groups is 1. The molecule has 0 saturated heterocycles. The molecule has 0 atom stereocenters. The topological polar surface area (TPSA) is 66.0 Å². The molecule has 17 heavy (non-hydrogen) atoms. The third kappa shape index (κ3) is 2.18. The summed E-state index contributed by atoms with van der Waals surface area (Å²) in [5.41, 5.74) is 1.91. The maximum atomic E-state index is 13.7. The molecule has 0 spiro atoms. The Morgan fingerprint density at radius 1 is 1.47 bits per heavy atom. The average molecular weight is 234 g/mol.